The molecule has 0 radical (unpaired) electrons. The molecule has 0 aliphatic heterocycles. The van der Waals surface area contributed by atoms with Gasteiger partial charge in [-0.05, 0) is 37.1 Å². The number of rotatable bonds is 5. The van der Waals surface area contributed by atoms with Gasteiger partial charge in [-0.3, -0.25) is 15.1 Å². The minimum Gasteiger partial charge on any atom is -0.337 e. The molecule has 2 aromatic carbocycles. The van der Waals surface area contributed by atoms with Crippen molar-refractivity contribution in [3.8, 4) is 22.4 Å². The maximum absolute atomic E-state index is 12.9. The zero-order valence-electron chi connectivity index (χ0n) is 16.3. The summed E-state index contributed by atoms with van der Waals surface area (Å²) in [6.07, 6.45) is 3.42. The van der Waals surface area contributed by atoms with Gasteiger partial charge in [-0.1, -0.05) is 65.3 Å². The van der Waals surface area contributed by atoms with Gasteiger partial charge < -0.3 is 4.52 Å². The maximum atomic E-state index is 12.9. The summed E-state index contributed by atoms with van der Waals surface area (Å²) in [7, 11) is 0. The van der Waals surface area contributed by atoms with Crippen LogP contribution >= 0.6 is 0 Å². The molecular formula is C24H21N3O2. The standard InChI is InChI=1S/C24H21N3O2/c1-16-8-10-20(11-9-16)22-21(19-12-14-25-15-13-19)24(29-27-22)26-23(28)17(2)18-6-4-3-5-7-18/h3-15,17H,1-2H3,(H,26,28). The fourth-order valence-corrected chi connectivity index (χ4v) is 3.18. The first-order valence-corrected chi connectivity index (χ1v) is 9.46. The van der Waals surface area contributed by atoms with Crippen LogP contribution in [0.15, 0.2) is 83.6 Å². The van der Waals surface area contributed by atoms with Gasteiger partial charge in [-0.2, -0.15) is 0 Å². The Morgan fingerprint density at radius 3 is 2.31 bits per heavy atom. The van der Waals surface area contributed by atoms with Gasteiger partial charge >= 0.3 is 0 Å². The number of aryl methyl sites for hydroxylation is 1. The summed E-state index contributed by atoms with van der Waals surface area (Å²) >= 11 is 0. The Labute approximate surface area is 169 Å². The second-order valence-electron chi connectivity index (χ2n) is 6.96. The second-order valence-corrected chi connectivity index (χ2v) is 6.96. The predicted octanol–water partition coefficient (Wildman–Crippen LogP) is 5.45. The smallest absolute Gasteiger partial charge is 0.239 e. The number of anilines is 1. The van der Waals surface area contributed by atoms with E-state index in [9.17, 15) is 4.79 Å². The number of amides is 1. The molecule has 1 atom stereocenters. The lowest BCUT2D eigenvalue weighted by atomic mass is 9.99. The largest absolute Gasteiger partial charge is 0.337 e. The molecule has 0 aliphatic carbocycles. The summed E-state index contributed by atoms with van der Waals surface area (Å²) in [6, 6.07) is 21.4. The van der Waals surface area contributed by atoms with Crippen molar-refractivity contribution in [1.29, 1.82) is 0 Å². The van der Waals surface area contributed by atoms with Gasteiger partial charge in [-0.15, -0.1) is 0 Å². The number of aromatic nitrogens is 2. The predicted molar refractivity (Wildman–Crippen MR) is 113 cm³/mol. The van der Waals surface area contributed by atoms with Crippen LogP contribution in [-0.4, -0.2) is 16.0 Å². The molecule has 29 heavy (non-hydrogen) atoms. The van der Waals surface area contributed by atoms with Crippen LogP contribution in [0.5, 0.6) is 0 Å². The molecule has 2 aromatic heterocycles. The van der Waals surface area contributed by atoms with E-state index in [0.717, 1.165) is 27.8 Å². The van der Waals surface area contributed by atoms with Crippen LogP contribution in [0.1, 0.15) is 24.0 Å². The highest BCUT2D eigenvalue weighted by Gasteiger charge is 2.23. The van der Waals surface area contributed by atoms with E-state index in [1.54, 1.807) is 12.4 Å². The van der Waals surface area contributed by atoms with Crippen LogP contribution in [0.3, 0.4) is 0 Å². The fourth-order valence-electron chi connectivity index (χ4n) is 3.18. The summed E-state index contributed by atoms with van der Waals surface area (Å²) < 4.78 is 5.59. The number of nitrogens with zero attached hydrogens (tertiary/aromatic N) is 2. The summed E-state index contributed by atoms with van der Waals surface area (Å²) in [5.41, 5.74) is 5.31. The molecule has 0 bridgehead atoms. The van der Waals surface area contributed by atoms with Crippen molar-refractivity contribution >= 4 is 11.8 Å². The van der Waals surface area contributed by atoms with Gasteiger partial charge in [0.05, 0.1) is 11.5 Å². The molecule has 144 valence electrons. The SMILES string of the molecule is Cc1ccc(-c2noc(NC(=O)C(C)c3ccccc3)c2-c2ccncc2)cc1. The zero-order valence-corrected chi connectivity index (χ0v) is 16.3. The third-order valence-electron chi connectivity index (χ3n) is 4.92. The summed E-state index contributed by atoms with van der Waals surface area (Å²) in [6.45, 7) is 3.90. The van der Waals surface area contributed by atoms with Crippen LogP contribution in [0.2, 0.25) is 0 Å². The van der Waals surface area contributed by atoms with Crippen molar-refractivity contribution < 1.29 is 9.32 Å². The van der Waals surface area contributed by atoms with Crippen molar-refractivity contribution in [1.82, 2.24) is 10.1 Å². The van der Waals surface area contributed by atoms with Crippen LogP contribution in [-0.2, 0) is 4.79 Å². The van der Waals surface area contributed by atoms with Crippen molar-refractivity contribution in [2.24, 2.45) is 0 Å². The topological polar surface area (TPSA) is 68.0 Å². The Morgan fingerprint density at radius 2 is 1.62 bits per heavy atom. The minimum atomic E-state index is -0.325. The van der Waals surface area contributed by atoms with Crippen molar-refractivity contribution in [3.05, 3.63) is 90.3 Å². The molecule has 4 rings (SSSR count). The molecular weight excluding hydrogens is 362 g/mol. The third kappa shape index (κ3) is 3.94. The van der Waals surface area contributed by atoms with Crippen molar-refractivity contribution in [2.75, 3.05) is 5.32 Å². The highest BCUT2D eigenvalue weighted by atomic mass is 16.5. The molecule has 0 saturated carbocycles. The first kappa shape index (κ1) is 18.6. The van der Waals surface area contributed by atoms with Crippen LogP contribution in [0.4, 0.5) is 5.88 Å². The van der Waals surface area contributed by atoms with E-state index in [0.29, 0.717) is 11.6 Å². The normalized spacial score (nSPS) is 11.8. The quantitative estimate of drug-likeness (QED) is 0.497. The molecule has 0 saturated heterocycles. The van der Waals surface area contributed by atoms with E-state index in [1.165, 1.54) is 0 Å². The van der Waals surface area contributed by atoms with Gasteiger partial charge in [0.2, 0.25) is 11.8 Å². The monoisotopic (exact) mass is 383 g/mol. The number of nitrogens with one attached hydrogen (secondary N) is 1. The number of pyridine rings is 1. The Hall–Kier alpha value is -3.73. The summed E-state index contributed by atoms with van der Waals surface area (Å²) in [5.74, 6) is -0.146. The molecule has 0 aliphatic rings. The Morgan fingerprint density at radius 1 is 0.931 bits per heavy atom. The lowest BCUT2D eigenvalue weighted by Crippen LogP contribution is -2.18. The zero-order chi connectivity index (χ0) is 20.2. The molecule has 5 nitrogen and oxygen atoms in total. The number of carbonyl (C=O) groups excluding carboxylic acids is 1. The summed E-state index contributed by atoms with van der Waals surface area (Å²) in [5, 5.41) is 7.19. The molecule has 2 heterocycles. The molecule has 0 spiro atoms. The van der Waals surface area contributed by atoms with Crippen molar-refractivity contribution in [2.45, 2.75) is 19.8 Å². The van der Waals surface area contributed by atoms with Gasteiger partial charge in [0.1, 0.15) is 5.69 Å². The van der Waals surface area contributed by atoms with Gasteiger partial charge in [0, 0.05) is 18.0 Å². The van der Waals surface area contributed by atoms with Crippen LogP contribution in [0.25, 0.3) is 22.4 Å². The highest BCUT2D eigenvalue weighted by Crippen LogP contribution is 2.38. The fraction of sp³-hybridized carbons (Fsp3) is 0.125. The Bertz CT molecular complexity index is 1100. The average molecular weight is 383 g/mol. The van der Waals surface area contributed by atoms with Gasteiger partial charge in [-0.25, -0.2) is 0 Å². The third-order valence-corrected chi connectivity index (χ3v) is 4.92. The van der Waals surface area contributed by atoms with E-state index in [1.807, 2.05) is 80.6 Å². The average Bonchev–Trinajstić information content (AvgIpc) is 3.18. The van der Waals surface area contributed by atoms with E-state index in [2.05, 4.69) is 15.5 Å². The first-order chi connectivity index (χ1) is 14.1. The number of hydrogen-bond donors (Lipinski definition) is 1. The molecule has 5 heteroatoms. The Kier molecular flexibility index (Phi) is 5.20. The second kappa shape index (κ2) is 8.10. The lowest BCUT2D eigenvalue weighted by molar-refractivity contribution is -0.117. The van der Waals surface area contributed by atoms with Crippen LogP contribution < -0.4 is 5.32 Å². The number of carbonyl (C=O) groups is 1. The molecule has 1 N–H and O–H groups in total. The van der Waals surface area contributed by atoms with E-state index < -0.39 is 0 Å². The van der Waals surface area contributed by atoms with Crippen molar-refractivity contribution in [3.63, 3.8) is 0 Å². The maximum Gasteiger partial charge on any atom is 0.239 e. The van der Waals surface area contributed by atoms with E-state index in [-0.39, 0.29) is 11.8 Å². The molecule has 4 aromatic rings. The number of benzene rings is 2. The highest BCUT2D eigenvalue weighted by molar-refractivity contribution is 5.99. The van der Waals surface area contributed by atoms with E-state index in [4.69, 9.17) is 4.52 Å². The Balaban J connectivity index is 1.72. The molecule has 0 fully saturated rings. The van der Waals surface area contributed by atoms with Gasteiger partial charge in [0.25, 0.3) is 0 Å². The molecule has 1 unspecified atom stereocenters. The van der Waals surface area contributed by atoms with E-state index >= 15 is 0 Å². The minimum absolute atomic E-state index is 0.155. The van der Waals surface area contributed by atoms with Crippen LogP contribution in [0, 0.1) is 6.92 Å². The van der Waals surface area contributed by atoms with Gasteiger partial charge in [0.15, 0.2) is 0 Å². The lowest BCUT2D eigenvalue weighted by Gasteiger charge is -2.12. The number of hydrogen-bond acceptors (Lipinski definition) is 4. The molecule has 1 amide bonds. The first-order valence-electron chi connectivity index (χ1n) is 9.46. The summed E-state index contributed by atoms with van der Waals surface area (Å²) in [4.78, 5) is 17.0.